The predicted molar refractivity (Wildman–Crippen MR) is 76.3 cm³/mol. The van der Waals surface area contributed by atoms with Crippen molar-refractivity contribution in [3.05, 3.63) is 35.4 Å². The lowest BCUT2D eigenvalue weighted by Gasteiger charge is -2.20. The van der Waals surface area contributed by atoms with Crippen LogP contribution in [0, 0.1) is 5.92 Å². The topological polar surface area (TPSA) is 47.3 Å². The normalized spacial score (nSPS) is 14.8. The second-order valence-corrected chi connectivity index (χ2v) is 5.34. The summed E-state index contributed by atoms with van der Waals surface area (Å²) in [6.45, 7) is 7.35. The van der Waals surface area contributed by atoms with Gasteiger partial charge in [-0.2, -0.15) is 0 Å². The van der Waals surface area contributed by atoms with Crippen LogP contribution >= 0.6 is 0 Å². The molecule has 0 bridgehead atoms. The lowest BCUT2D eigenvalue weighted by molar-refractivity contribution is 0.149. The summed E-state index contributed by atoms with van der Waals surface area (Å²) in [6.07, 6.45) is 0.978. The third-order valence-electron chi connectivity index (χ3n) is 3.30. The summed E-state index contributed by atoms with van der Waals surface area (Å²) in [6, 6.07) is 8.89. The first kappa shape index (κ1) is 15.2. The van der Waals surface area contributed by atoms with Gasteiger partial charge in [0.2, 0.25) is 0 Å². The lowest BCUT2D eigenvalue weighted by Crippen LogP contribution is -2.30. The summed E-state index contributed by atoms with van der Waals surface area (Å²) < 4.78 is 5.17. The molecule has 18 heavy (non-hydrogen) atoms. The molecule has 102 valence electrons. The van der Waals surface area contributed by atoms with Gasteiger partial charge in [0.1, 0.15) is 0 Å². The minimum Gasteiger partial charge on any atom is -0.384 e. The van der Waals surface area contributed by atoms with Crippen molar-refractivity contribution in [2.24, 2.45) is 11.8 Å². The molecule has 0 aliphatic heterocycles. The van der Waals surface area contributed by atoms with E-state index in [4.69, 9.17) is 10.6 Å². The molecule has 0 aliphatic carbocycles. The van der Waals surface area contributed by atoms with E-state index in [1.165, 1.54) is 11.1 Å². The Labute approximate surface area is 111 Å². The predicted octanol–water partition coefficient (Wildman–Crippen LogP) is 2.99. The zero-order valence-corrected chi connectivity index (χ0v) is 11.9. The SMILES string of the molecule is COCC(C)CC(NN)c1ccc(C(C)C)cc1. The van der Waals surface area contributed by atoms with Gasteiger partial charge in [-0.25, -0.2) is 0 Å². The Morgan fingerprint density at radius 2 is 1.67 bits per heavy atom. The van der Waals surface area contributed by atoms with Crippen LogP contribution < -0.4 is 11.3 Å². The number of hydrazine groups is 1. The van der Waals surface area contributed by atoms with E-state index in [0.717, 1.165) is 13.0 Å². The van der Waals surface area contributed by atoms with Crippen LogP contribution in [0.25, 0.3) is 0 Å². The van der Waals surface area contributed by atoms with Crippen molar-refractivity contribution in [3.63, 3.8) is 0 Å². The molecule has 0 fully saturated rings. The highest BCUT2D eigenvalue weighted by molar-refractivity contribution is 5.26. The first-order chi connectivity index (χ1) is 8.58. The second-order valence-electron chi connectivity index (χ2n) is 5.34. The van der Waals surface area contributed by atoms with Crippen LogP contribution in [0.5, 0.6) is 0 Å². The molecule has 0 amide bonds. The van der Waals surface area contributed by atoms with Gasteiger partial charge in [0, 0.05) is 19.8 Å². The number of nitrogens with two attached hydrogens (primary N) is 1. The van der Waals surface area contributed by atoms with Crippen LogP contribution in [0.1, 0.15) is 50.3 Å². The molecule has 0 saturated carbocycles. The van der Waals surface area contributed by atoms with Crippen molar-refractivity contribution >= 4 is 0 Å². The fraction of sp³-hybridized carbons (Fsp3) is 0.600. The molecule has 1 rings (SSSR count). The average molecular weight is 250 g/mol. The highest BCUT2D eigenvalue weighted by Crippen LogP contribution is 2.23. The van der Waals surface area contributed by atoms with Gasteiger partial charge in [-0.3, -0.25) is 11.3 Å². The monoisotopic (exact) mass is 250 g/mol. The van der Waals surface area contributed by atoms with Crippen molar-refractivity contribution < 1.29 is 4.74 Å². The summed E-state index contributed by atoms with van der Waals surface area (Å²) in [5, 5.41) is 0. The quantitative estimate of drug-likeness (QED) is 0.577. The van der Waals surface area contributed by atoms with Crippen LogP contribution in [0.2, 0.25) is 0 Å². The van der Waals surface area contributed by atoms with Gasteiger partial charge >= 0.3 is 0 Å². The Morgan fingerprint density at radius 1 is 1.11 bits per heavy atom. The summed E-state index contributed by atoms with van der Waals surface area (Å²) in [7, 11) is 1.73. The maximum Gasteiger partial charge on any atom is 0.0488 e. The molecule has 2 unspecified atom stereocenters. The molecule has 0 radical (unpaired) electrons. The van der Waals surface area contributed by atoms with E-state index < -0.39 is 0 Å². The molecular formula is C15H26N2O. The molecule has 3 nitrogen and oxygen atoms in total. The van der Waals surface area contributed by atoms with Gasteiger partial charge in [-0.15, -0.1) is 0 Å². The Bertz CT molecular complexity index is 335. The van der Waals surface area contributed by atoms with Crippen molar-refractivity contribution in [2.45, 2.75) is 39.2 Å². The molecule has 0 aliphatic rings. The fourth-order valence-corrected chi connectivity index (χ4v) is 2.17. The van der Waals surface area contributed by atoms with Crippen LogP contribution in [0.15, 0.2) is 24.3 Å². The maximum atomic E-state index is 5.66. The van der Waals surface area contributed by atoms with Gasteiger partial charge in [-0.05, 0) is 29.4 Å². The molecule has 3 N–H and O–H groups in total. The Morgan fingerprint density at radius 3 is 2.11 bits per heavy atom. The highest BCUT2D eigenvalue weighted by Gasteiger charge is 2.14. The van der Waals surface area contributed by atoms with E-state index in [0.29, 0.717) is 11.8 Å². The number of hydrogen-bond donors (Lipinski definition) is 2. The minimum absolute atomic E-state index is 0.191. The van der Waals surface area contributed by atoms with E-state index in [1.807, 2.05) is 0 Å². The summed E-state index contributed by atoms with van der Waals surface area (Å²) in [4.78, 5) is 0. The van der Waals surface area contributed by atoms with Gasteiger partial charge in [0.15, 0.2) is 0 Å². The van der Waals surface area contributed by atoms with Gasteiger partial charge in [0.05, 0.1) is 0 Å². The van der Waals surface area contributed by atoms with Crippen LogP contribution in [0.3, 0.4) is 0 Å². The summed E-state index contributed by atoms with van der Waals surface area (Å²) >= 11 is 0. The highest BCUT2D eigenvalue weighted by atomic mass is 16.5. The second kappa shape index (κ2) is 7.52. The number of rotatable bonds is 7. The summed E-state index contributed by atoms with van der Waals surface area (Å²) in [5.74, 6) is 6.71. The number of methoxy groups -OCH3 is 1. The van der Waals surface area contributed by atoms with Crippen molar-refractivity contribution in [1.82, 2.24) is 5.43 Å². The van der Waals surface area contributed by atoms with Gasteiger partial charge in [-0.1, -0.05) is 45.0 Å². The molecule has 1 aromatic carbocycles. The first-order valence-corrected chi connectivity index (χ1v) is 6.63. The molecule has 0 saturated heterocycles. The molecule has 0 aromatic heterocycles. The smallest absolute Gasteiger partial charge is 0.0488 e. The van der Waals surface area contributed by atoms with Gasteiger partial charge in [0.25, 0.3) is 0 Å². The van der Waals surface area contributed by atoms with Crippen molar-refractivity contribution in [1.29, 1.82) is 0 Å². The number of hydrogen-bond acceptors (Lipinski definition) is 3. The third kappa shape index (κ3) is 4.41. The largest absolute Gasteiger partial charge is 0.384 e. The van der Waals surface area contributed by atoms with E-state index in [-0.39, 0.29) is 6.04 Å². The summed E-state index contributed by atoms with van der Waals surface area (Å²) in [5.41, 5.74) is 5.50. The average Bonchev–Trinajstić information content (AvgIpc) is 2.36. The molecule has 0 heterocycles. The van der Waals surface area contributed by atoms with Crippen molar-refractivity contribution in [3.8, 4) is 0 Å². The van der Waals surface area contributed by atoms with Crippen LogP contribution in [0.4, 0.5) is 0 Å². The van der Waals surface area contributed by atoms with Crippen LogP contribution in [-0.4, -0.2) is 13.7 Å². The van der Waals surface area contributed by atoms with E-state index in [1.54, 1.807) is 7.11 Å². The van der Waals surface area contributed by atoms with Crippen molar-refractivity contribution in [2.75, 3.05) is 13.7 Å². The zero-order chi connectivity index (χ0) is 13.5. The van der Waals surface area contributed by atoms with Crippen LogP contribution in [-0.2, 0) is 4.74 Å². The van der Waals surface area contributed by atoms with Gasteiger partial charge < -0.3 is 4.74 Å². The Kier molecular flexibility index (Phi) is 6.33. The molecular weight excluding hydrogens is 224 g/mol. The standard InChI is InChI=1S/C15H26N2O/c1-11(2)13-5-7-14(8-6-13)15(17-16)9-12(3)10-18-4/h5-8,11-12,15,17H,9-10,16H2,1-4H3. The molecule has 0 spiro atoms. The molecule has 3 heteroatoms. The minimum atomic E-state index is 0.191. The fourth-order valence-electron chi connectivity index (χ4n) is 2.17. The van der Waals surface area contributed by atoms with E-state index >= 15 is 0 Å². The maximum absolute atomic E-state index is 5.66. The van der Waals surface area contributed by atoms with E-state index in [9.17, 15) is 0 Å². The lowest BCUT2D eigenvalue weighted by atomic mass is 9.94. The van der Waals surface area contributed by atoms with E-state index in [2.05, 4.69) is 50.5 Å². The third-order valence-corrected chi connectivity index (χ3v) is 3.30. The first-order valence-electron chi connectivity index (χ1n) is 6.63. The molecule has 2 atom stereocenters. The zero-order valence-electron chi connectivity index (χ0n) is 11.9. The number of nitrogens with one attached hydrogen (secondary N) is 1. The Hall–Kier alpha value is -0.900. The number of benzene rings is 1. The number of ether oxygens (including phenoxy) is 1. The molecule has 1 aromatic rings. The Balaban J connectivity index is 2.70.